The maximum Gasteiger partial charge on any atom is 0.503 e. The predicted molar refractivity (Wildman–Crippen MR) is 32.1 cm³/mol. The van der Waals surface area contributed by atoms with E-state index in [0.717, 1.165) is 0 Å². The van der Waals surface area contributed by atoms with Crippen LogP contribution in [0.1, 0.15) is 0 Å². The van der Waals surface area contributed by atoms with Crippen molar-refractivity contribution in [1.29, 1.82) is 0 Å². The van der Waals surface area contributed by atoms with Crippen LogP contribution in [0.25, 0.3) is 0 Å². The van der Waals surface area contributed by atoms with Crippen LogP contribution in [0, 0.1) is 0 Å². The number of hydrogen-bond acceptors (Lipinski definition) is 2. The van der Waals surface area contributed by atoms with E-state index in [1.165, 1.54) is 0 Å². The van der Waals surface area contributed by atoms with Crippen LogP contribution < -0.4 is 0 Å². The molecule has 0 saturated carbocycles. The fourth-order valence-electron chi connectivity index (χ4n) is 0. The number of hydrogen-bond donors (Lipinski definition) is 4. The first kappa shape index (κ1) is 34.2. The fraction of sp³-hybridized carbons (Fsp3) is 0. The lowest BCUT2D eigenvalue weighted by molar-refractivity contribution is 0.135. The molecule has 0 aromatic rings. The highest BCUT2D eigenvalue weighted by molar-refractivity contribution is 5.53. The largest absolute Gasteiger partial charge is 0.503 e. The van der Waals surface area contributed by atoms with Crippen molar-refractivity contribution in [3.8, 4) is 0 Å². The summed E-state index contributed by atoms with van der Waals surface area (Å²) in [6.45, 7) is 0. The van der Waals surface area contributed by atoms with Crippen LogP contribution in [0.5, 0.6) is 0 Å². The van der Waals surface area contributed by atoms with Gasteiger partial charge >= 0.3 is 12.3 Å². The van der Waals surface area contributed by atoms with Crippen molar-refractivity contribution in [3.05, 3.63) is 0 Å². The molecule has 0 atom stereocenters. The van der Waals surface area contributed by atoms with Gasteiger partial charge in [-0.3, -0.25) is 0 Å². The van der Waals surface area contributed by atoms with Gasteiger partial charge in [0.05, 0.1) is 0 Å². The van der Waals surface area contributed by atoms with Crippen LogP contribution in [0.2, 0.25) is 0 Å². The average Bonchev–Trinajstić information content (AvgIpc) is 1.25. The first-order chi connectivity index (χ1) is 3.46. The topological polar surface area (TPSA) is 210 Å². The highest BCUT2D eigenvalue weighted by Gasteiger charge is 1.70. The molecular weight excluding hydrogens is 168 g/mol. The van der Waals surface area contributed by atoms with Crippen LogP contribution in [0.3, 0.4) is 0 Å². The number of carbonyl (C=O) groups is 2. The summed E-state index contributed by atoms with van der Waals surface area (Å²) in [5.74, 6) is 0. The molecule has 0 bridgehead atoms. The molecule has 0 aliphatic heterocycles. The van der Waals surface area contributed by atoms with Gasteiger partial charge in [-0.25, -0.2) is 9.59 Å². The third-order valence-corrected chi connectivity index (χ3v) is 0. The molecule has 0 aliphatic rings. The Labute approximate surface area is 60.1 Å². The summed E-state index contributed by atoms with van der Waals surface area (Å²) < 4.78 is 0. The molecule has 0 heterocycles. The molecule has 0 radical (unpaired) electrons. The van der Waals surface area contributed by atoms with Gasteiger partial charge in [0.1, 0.15) is 0 Å². The van der Waals surface area contributed by atoms with Gasteiger partial charge in [0.15, 0.2) is 0 Å². The summed E-state index contributed by atoms with van der Waals surface area (Å²) in [7, 11) is 0. The van der Waals surface area contributed by atoms with Gasteiger partial charge in [0, 0.05) is 0 Å². The lowest BCUT2D eigenvalue weighted by Crippen LogP contribution is -1.81. The van der Waals surface area contributed by atoms with Crippen molar-refractivity contribution in [2.24, 2.45) is 0 Å². The smallest absolute Gasteiger partial charge is 0.450 e. The molecule has 0 saturated heterocycles. The molecule has 10 N–H and O–H groups in total. The van der Waals surface area contributed by atoms with Crippen molar-refractivity contribution in [2.75, 3.05) is 0 Å². The van der Waals surface area contributed by atoms with Gasteiger partial charge in [-0.2, -0.15) is 0 Å². The summed E-state index contributed by atoms with van der Waals surface area (Å²) in [5.41, 5.74) is 0. The van der Waals surface area contributed by atoms with Crippen molar-refractivity contribution in [1.82, 2.24) is 0 Å². The zero-order valence-electron chi connectivity index (χ0n) is 5.11. The Morgan fingerprint density at radius 1 is 0.636 bits per heavy atom. The Bertz CT molecular complexity index is 65.6. The summed E-state index contributed by atoms with van der Waals surface area (Å²) in [5, 5.41) is 27.9. The molecule has 0 amide bonds. The first-order valence-corrected chi connectivity index (χ1v) is 1.30. The normalized spacial score (nSPS) is 4.36. The van der Waals surface area contributed by atoms with E-state index in [2.05, 4.69) is 0 Å². The number of rotatable bonds is 0. The van der Waals surface area contributed by atoms with Crippen molar-refractivity contribution in [3.63, 3.8) is 0 Å². The molecular formula is C2H10O9. The first-order valence-electron chi connectivity index (χ1n) is 1.30. The van der Waals surface area contributed by atoms with Crippen LogP contribution in [-0.4, -0.2) is 49.2 Å². The molecule has 9 heteroatoms. The van der Waals surface area contributed by atoms with Gasteiger partial charge < -0.3 is 36.9 Å². The van der Waals surface area contributed by atoms with Crippen molar-refractivity contribution >= 4 is 12.3 Å². The minimum atomic E-state index is -1.83. The van der Waals surface area contributed by atoms with Gasteiger partial charge in [0.25, 0.3) is 0 Å². The van der Waals surface area contributed by atoms with Crippen LogP contribution in [0.15, 0.2) is 0 Å². The Kier molecular flexibility index (Phi) is 73.7. The SMILES string of the molecule is O.O.O.O=C(O)O.O=C(O)O. The summed E-state index contributed by atoms with van der Waals surface area (Å²) >= 11 is 0. The van der Waals surface area contributed by atoms with Crippen molar-refractivity contribution < 1.29 is 46.4 Å². The molecule has 0 aromatic heterocycles. The molecule has 11 heavy (non-hydrogen) atoms. The van der Waals surface area contributed by atoms with Crippen LogP contribution >= 0.6 is 0 Å². The van der Waals surface area contributed by atoms with E-state index in [0.29, 0.717) is 0 Å². The van der Waals surface area contributed by atoms with E-state index in [-0.39, 0.29) is 16.4 Å². The third kappa shape index (κ3) is 139. The highest BCUT2D eigenvalue weighted by atomic mass is 16.6. The Morgan fingerprint density at radius 3 is 0.636 bits per heavy atom. The minimum Gasteiger partial charge on any atom is -0.450 e. The van der Waals surface area contributed by atoms with Crippen molar-refractivity contribution in [2.45, 2.75) is 0 Å². The lowest BCUT2D eigenvalue weighted by atomic mass is 11.5. The van der Waals surface area contributed by atoms with E-state index in [1.54, 1.807) is 0 Å². The Hall–Kier alpha value is -1.58. The van der Waals surface area contributed by atoms with Crippen LogP contribution in [-0.2, 0) is 0 Å². The molecule has 0 fully saturated rings. The summed E-state index contributed by atoms with van der Waals surface area (Å²) in [6, 6.07) is 0. The van der Waals surface area contributed by atoms with E-state index >= 15 is 0 Å². The quantitative estimate of drug-likeness (QED) is 0.328. The Balaban J connectivity index is -0.0000000171. The standard InChI is InChI=1S/2CH2O3.3H2O/c2*2-1(3)4;;;/h2*(H2,2,3,4);3*1H2. The number of carboxylic acid groups (broad SMARTS) is 4. The average molecular weight is 178 g/mol. The highest BCUT2D eigenvalue weighted by Crippen LogP contribution is 1.43. The minimum absolute atomic E-state index is 0. The maximum atomic E-state index is 8.56. The zero-order chi connectivity index (χ0) is 7.15. The van der Waals surface area contributed by atoms with E-state index < -0.39 is 12.3 Å². The Morgan fingerprint density at radius 2 is 0.636 bits per heavy atom. The third-order valence-electron chi connectivity index (χ3n) is 0. The predicted octanol–water partition coefficient (Wildman–Crippen LogP) is -2.03. The summed E-state index contributed by atoms with van der Waals surface area (Å²) in [4.78, 5) is 17.1. The molecule has 0 rings (SSSR count). The maximum absolute atomic E-state index is 8.56. The van der Waals surface area contributed by atoms with Gasteiger partial charge in [-0.05, 0) is 0 Å². The van der Waals surface area contributed by atoms with Gasteiger partial charge in [0.2, 0.25) is 0 Å². The molecule has 0 unspecified atom stereocenters. The lowest BCUT2D eigenvalue weighted by Gasteiger charge is -1.60. The van der Waals surface area contributed by atoms with E-state index in [4.69, 9.17) is 30.0 Å². The van der Waals surface area contributed by atoms with Crippen LogP contribution in [0.4, 0.5) is 9.59 Å². The van der Waals surface area contributed by atoms with E-state index in [1.807, 2.05) is 0 Å². The van der Waals surface area contributed by atoms with Gasteiger partial charge in [-0.1, -0.05) is 0 Å². The van der Waals surface area contributed by atoms with Gasteiger partial charge in [-0.15, -0.1) is 0 Å². The molecule has 72 valence electrons. The zero-order valence-corrected chi connectivity index (χ0v) is 5.11. The molecule has 0 aliphatic carbocycles. The second-order valence-electron chi connectivity index (χ2n) is 0.565. The second-order valence-corrected chi connectivity index (χ2v) is 0.565. The molecule has 0 spiro atoms. The monoisotopic (exact) mass is 178 g/mol. The molecule has 9 nitrogen and oxygen atoms in total. The second kappa shape index (κ2) is 23.7. The summed E-state index contributed by atoms with van der Waals surface area (Å²) in [6.07, 6.45) is -3.67. The fourth-order valence-corrected chi connectivity index (χ4v) is 0. The van der Waals surface area contributed by atoms with E-state index in [9.17, 15) is 0 Å². The molecule has 0 aromatic carbocycles.